The zero-order valence-electron chi connectivity index (χ0n) is 13.8. The number of carbonyl (C=O) groups is 1. The highest BCUT2D eigenvalue weighted by molar-refractivity contribution is 6.30. The molecule has 7 heteroatoms. The summed E-state index contributed by atoms with van der Waals surface area (Å²) in [4.78, 5) is 20.6. The maximum atomic E-state index is 12.3. The van der Waals surface area contributed by atoms with E-state index in [9.17, 15) is 4.79 Å². The first-order valence-electron chi connectivity index (χ1n) is 7.72. The number of hydrogen-bond donors (Lipinski definition) is 2. The lowest BCUT2D eigenvalue weighted by Gasteiger charge is -2.09. The standard InChI is InChI=1S/C19H14ClN5O/c1-12-8-15(20)4-7-17(12)25-18(26)14-10-22-19(23-11-14)24-16-5-2-13(9-21)3-6-16/h2-8,10-11H,1H3,(H,25,26)(H,22,23,24). The number of rotatable bonds is 4. The van der Waals surface area contributed by atoms with Crippen molar-refractivity contribution in [2.24, 2.45) is 0 Å². The van der Waals surface area contributed by atoms with Gasteiger partial charge in [0.1, 0.15) is 0 Å². The Bertz CT molecular complexity index is 978. The molecule has 0 saturated heterocycles. The second kappa shape index (κ2) is 7.64. The Balaban J connectivity index is 1.68. The lowest BCUT2D eigenvalue weighted by Crippen LogP contribution is -2.13. The van der Waals surface area contributed by atoms with Crippen LogP contribution in [0.3, 0.4) is 0 Å². The van der Waals surface area contributed by atoms with Crippen molar-refractivity contribution in [2.75, 3.05) is 10.6 Å². The number of anilines is 3. The van der Waals surface area contributed by atoms with E-state index in [0.717, 1.165) is 11.3 Å². The Hall–Kier alpha value is -3.43. The van der Waals surface area contributed by atoms with Crippen LogP contribution in [0, 0.1) is 18.3 Å². The van der Waals surface area contributed by atoms with Crippen LogP contribution in [0.4, 0.5) is 17.3 Å². The van der Waals surface area contributed by atoms with Crippen LogP contribution in [-0.2, 0) is 0 Å². The van der Waals surface area contributed by atoms with Gasteiger partial charge < -0.3 is 10.6 Å². The molecule has 26 heavy (non-hydrogen) atoms. The van der Waals surface area contributed by atoms with E-state index in [0.29, 0.717) is 27.8 Å². The second-order valence-corrected chi connectivity index (χ2v) is 5.96. The van der Waals surface area contributed by atoms with Gasteiger partial charge in [-0.3, -0.25) is 4.79 Å². The highest BCUT2D eigenvalue weighted by Crippen LogP contribution is 2.20. The minimum atomic E-state index is -0.305. The number of hydrogen-bond acceptors (Lipinski definition) is 5. The molecular weight excluding hydrogens is 350 g/mol. The van der Waals surface area contributed by atoms with Crippen LogP contribution in [0.5, 0.6) is 0 Å². The molecule has 0 saturated carbocycles. The van der Waals surface area contributed by atoms with Crippen LogP contribution >= 0.6 is 11.6 Å². The summed E-state index contributed by atoms with van der Waals surface area (Å²) in [6, 6.07) is 14.2. The molecule has 0 spiro atoms. The largest absolute Gasteiger partial charge is 0.324 e. The van der Waals surface area contributed by atoms with Crippen molar-refractivity contribution in [2.45, 2.75) is 6.92 Å². The molecular formula is C19H14ClN5O. The number of halogens is 1. The molecule has 0 radical (unpaired) electrons. The topological polar surface area (TPSA) is 90.7 Å². The van der Waals surface area contributed by atoms with Crippen molar-refractivity contribution in [1.29, 1.82) is 5.26 Å². The average Bonchev–Trinajstić information content (AvgIpc) is 2.65. The molecule has 1 amide bonds. The van der Waals surface area contributed by atoms with E-state index >= 15 is 0 Å². The van der Waals surface area contributed by atoms with Crippen molar-refractivity contribution in [3.05, 3.63) is 76.6 Å². The Morgan fingerprint density at radius 2 is 1.81 bits per heavy atom. The van der Waals surface area contributed by atoms with Gasteiger partial charge in [0.2, 0.25) is 5.95 Å². The molecule has 2 N–H and O–H groups in total. The zero-order valence-corrected chi connectivity index (χ0v) is 14.6. The van der Waals surface area contributed by atoms with Gasteiger partial charge in [-0.2, -0.15) is 5.26 Å². The molecule has 0 bridgehead atoms. The van der Waals surface area contributed by atoms with Crippen molar-refractivity contribution in [1.82, 2.24) is 9.97 Å². The smallest absolute Gasteiger partial charge is 0.258 e. The van der Waals surface area contributed by atoms with Gasteiger partial charge in [0, 0.05) is 28.8 Å². The second-order valence-electron chi connectivity index (χ2n) is 5.52. The van der Waals surface area contributed by atoms with E-state index in [1.165, 1.54) is 12.4 Å². The van der Waals surface area contributed by atoms with Gasteiger partial charge in [-0.05, 0) is 55.0 Å². The third-order valence-electron chi connectivity index (χ3n) is 3.62. The molecule has 0 atom stereocenters. The molecule has 0 unspecified atom stereocenters. The average molecular weight is 364 g/mol. The van der Waals surface area contributed by atoms with Gasteiger partial charge in [0.25, 0.3) is 5.91 Å². The third-order valence-corrected chi connectivity index (χ3v) is 3.86. The van der Waals surface area contributed by atoms with E-state index in [-0.39, 0.29) is 5.91 Å². The monoisotopic (exact) mass is 363 g/mol. The maximum Gasteiger partial charge on any atom is 0.258 e. The molecule has 1 aromatic heterocycles. The molecule has 2 aromatic carbocycles. The van der Waals surface area contributed by atoms with Crippen LogP contribution in [0.25, 0.3) is 0 Å². The van der Waals surface area contributed by atoms with Crippen LogP contribution in [0.1, 0.15) is 21.5 Å². The van der Waals surface area contributed by atoms with E-state index in [4.69, 9.17) is 16.9 Å². The molecule has 0 fully saturated rings. The minimum Gasteiger partial charge on any atom is -0.324 e. The number of benzene rings is 2. The Morgan fingerprint density at radius 3 is 2.42 bits per heavy atom. The third kappa shape index (κ3) is 4.15. The van der Waals surface area contributed by atoms with Crippen LogP contribution in [0.2, 0.25) is 5.02 Å². The van der Waals surface area contributed by atoms with Crippen molar-refractivity contribution in [3.8, 4) is 6.07 Å². The fraction of sp³-hybridized carbons (Fsp3) is 0.0526. The summed E-state index contributed by atoms with van der Waals surface area (Å²) in [6.45, 7) is 1.86. The number of nitrogens with zero attached hydrogens (tertiary/aromatic N) is 3. The first-order chi connectivity index (χ1) is 12.5. The summed E-state index contributed by atoms with van der Waals surface area (Å²) in [5.74, 6) is 0.0503. The summed E-state index contributed by atoms with van der Waals surface area (Å²) in [5.41, 5.74) is 3.20. The fourth-order valence-electron chi connectivity index (χ4n) is 2.23. The van der Waals surface area contributed by atoms with E-state index in [1.54, 1.807) is 42.5 Å². The molecule has 1 heterocycles. The van der Waals surface area contributed by atoms with Gasteiger partial charge in [-0.25, -0.2) is 9.97 Å². The van der Waals surface area contributed by atoms with Gasteiger partial charge in [0.05, 0.1) is 17.2 Å². The molecule has 0 aliphatic carbocycles. The molecule has 0 aliphatic rings. The number of amides is 1. The normalized spacial score (nSPS) is 10.0. The summed E-state index contributed by atoms with van der Waals surface area (Å²) in [5, 5.41) is 15.2. The van der Waals surface area contributed by atoms with Crippen LogP contribution in [0.15, 0.2) is 54.9 Å². The molecule has 3 rings (SSSR count). The summed E-state index contributed by atoms with van der Waals surface area (Å²) >= 11 is 5.92. The predicted octanol–water partition coefficient (Wildman–Crippen LogP) is 4.31. The van der Waals surface area contributed by atoms with Crippen LogP contribution < -0.4 is 10.6 Å². The number of nitriles is 1. The molecule has 128 valence electrons. The first-order valence-corrected chi connectivity index (χ1v) is 8.10. The lowest BCUT2D eigenvalue weighted by atomic mass is 10.2. The van der Waals surface area contributed by atoms with E-state index in [2.05, 4.69) is 26.7 Å². The fourth-order valence-corrected chi connectivity index (χ4v) is 2.46. The van der Waals surface area contributed by atoms with Gasteiger partial charge >= 0.3 is 0 Å². The molecule has 3 aromatic rings. The van der Waals surface area contributed by atoms with Crippen LogP contribution in [-0.4, -0.2) is 15.9 Å². The van der Waals surface area contributed by atoms with Crippen molar-refractivity contribution < 1.29 is 4.79 Å². The Kier molecular flexibility index (Phi) is 5.11. The van der Waals surface area contributed by atoms with Crippen molar-refractivity contribution in [3.63, 3.8) is 0 Å². The predicted molar refractivity (Wildman–Crippen MR) is 101 cm³/mol. The number of carbonyl (C=O) groups excluding carboxylic acids is 1. The minimum absolute atomic E-state index is 0.305. The highest BCUT2D eigenvalue weighted by atomic mass is 35.5. The zero-order chi connectivity index (χ0) is 18.5. The first kappa shape index (κ1) is 17.4. The molecule has 0 aliphatic heterocycles. The number of aryl methyl sites for hydroxylation is 1. The van der Waals surface area contributed by atoms with Gasteiger partial charge in [-0.1, -0.05) is 11.6 Å². The van der Waals surface area contributed by atoms with Gasteiger partial charge in [0.15, 0.2) is 0 Å². The number of nitrogens with one attached hydrogen (secondary N) is 2. The maximum absolute atomic E-state index is 12.3. The van der Waals surface area contributed by atoms with Crippen molar-refractivity contribution >= 4 is 34.8 Å². The van der Waals surface area contributed by atoms with Gasteiger partial charge in [-0.15, -0.1) is 0 Å². The highest BCUT2D eigenvalue weighted by Gasteiger charge is 2.09. The number of aromatic nitrogens is 2. The summed E-state index contributed by atoms with van der Waals surface area (Å²) in [7, 11) is 0. The Labute approximate surface area is 155 Å². The molecule has 6 nitrogen and oxygen atoms in total. The summed E-state index contributed by atoms with van der Waals surface area (Å²) in [6.07, 6.45) is 2.89. The van der Waals surface area contributed by atoms with E-state index < -0.39 is 0 Å². The SMILES string of the molecule is Cc1cc(Cl)ccc1NC(=O)c1cnc(Nc2ccc(C#N)cc2)nc1. The lowest BCUT2D eigenvalue weighted by molar-refractivity contribution is 0.102. The summed E-state index contributed by atoms with van der Waals surface area (Å²) < 4.78 is 0. The van der Waals surface area contributed by atoms with E-state index in [1.807, 2.05) is 6.92 Å². The quantitative estimate of drug-likeness (QED) is 0.720. The Morgan fingerprint density at radius 1 is 1.12 bits per heavy atom.